The summed E-state index contributed by atoms with van der Waals surface area (Å²) in [6, 6.07) is 17.5. The number of ether oxygens (including phenoxy) is 1. The summed E-state index contributed by atoms with van der Waals surface area (Å²) in [5.41, 5.74) is 0.586. The Kier molecular flexibility index (Phi) is 6.34. The monoisotopic (exact) mass is 529 g/mol. The van der Waals surface area contributed by atoms with Crippen LogP contribution in [0.4, 0.5) is 13.2 Å². The standard InChI is InChI=1S/C27H19ClF3NO3S/c1-35-26(34)21-14-36-25-22(17-9-5-10-18(12-17)27(29,30)31)20(23(28)24(33)32(21)25)13-16-8-4-7-15-6-2-3-11-19(15)16/h2-12,21H,13-14H2,1H3. The molecule has 184 valence electrons. The van der Waals surface area contributed by atoms with Crippen molar-refractivity contribution in [1.29, 1.82) is 0 Å². The summed E-state index contributed by atoms with van der Waals surface area (Å²) in [6.45, 7) is 0. The average molecular weight is 530 g/mol. The van der Waals surface area contributed by atoms with Gasteiger partial charge in [-0.15, -0.1) is 11.8 Å². The van der Waals surface area contributed by atoms with E-state index in [0.717, 1.165) is 28.5 Å². The zero-order valence-electron chi connectivity index (χ0n) is 18.9. The van der Waals surface area contributed by atoms with E-state index in [2.05, 4.69) is 0 Å². The Hall–Kier alpha value is -3.23. The molecule has 0 fully saturated rings. The molecule has 0 spiro atoms. The molecule has 4 nitrogen and oxygen atoms in total. The molecule has 0 saturated heterocycles. The highest BCUT2D eigenvalue weighted by atomic mass is 35.5. The molecular formula is C27H19ClF3NO3S. The molecule has 5 rings (SSSR count). The molecule has 1 unspecified atom stereocenters. The maximum absolute atomic E-state index is 13.6. The Morgan fingerprint density at radius 2 is 1.83 bits per heavy atom. The number of methoxy groups -OCH3 is 1. The van der Waals surface area contributed by atoms with Crippen molar-refractivity contribution in [3.8, 4) is 11.1 Å². The highest BCUT2D eigenvalue weighted by molar-refractivity contribution is 7.99. The molecule has 9 heteroatoms. The third kappa shape index (κ3) is 4.18. The van der Waals surface area contributed by atoms with Gasteiger partial charge in [-0.3, -0.25) is 9.36 Å². The molecular weight excluding hydrogens is 511 g/mol. The minimum Gasteiger partial charge on any atom is -0.467 e. The van der Waals surface area contributed by atoms with E-state index in [-0.39, 0.29) is 22.8 Å². The van der Waals surface area contributed by atoms with Crippen molar-refractivity contribution in [3.05, 3.63) is 98.8 Å². The molecule has 0 aliphatic carbocycles. The number of aromatic nitrogens is 1. The smallest absolute Gasteiger partial charge is 0.416 e. The van der Waals surface area contributed by atoms with E-state index >= 15 is 0 Å². The number of halogens is 4. The van der Waals surface area contributed by atoms with Crippen molar-refractivity contribution >= 4 is 40.1 Å². The number of hydrogen-bond donors (Lipinski definition) is 0. The van der Waals surface area contributed by atoms with Crippen LogP contribution >= 0.6 is 23.4 Å². The Bertz CT molecular complexity index is 1560. The van der Waals surface area contributed by atoms with E-state index in [4.69, 9.17) is 16.3 Å². The number of carbonyl (C=O) groups is 1. The highest BCUT2D eigenvalue weighted by Crippen LogP contribution is 2.45. The summed E-state index contributed by atoms with van der Waals surface area (Å²) < 4.78 is 46.9. The number of carbonyl (C=O) groups excluding carboxylic acids is 1. The lowest BCUT2D eigenvalue weighted by Gasteiger charge is -2.20. The number of hydrogen-bond acceptors (Lipinski definition) is 4. The molecule has 0 amide bonds. The van der Waals surface area contributed by atoms with E-state index < -0.39 is 29.3 Å². The lowest BCUT2D eigenvalue weighted by molar-refractivity contribution is -0.144. The van der Waals surface area contributed by atoms with E-state index in [1.54, 1.807) is 6.07 Å². The molecule has 1 aromatic heterocycles. The first-order valence-corrected chi connectivity index (χ1v) is 12.4. The minimum atomic E-state index is -4.55. The fourth-order valence-corrected chi connectivity index (χ4v) is 6.19. The number of rotatable bonds is 4. The predicted molar refractivity (Wildman–Crippen MR) is 135 cm³/mol. The molecule has 36 heavy (non-hydrogen) atoms. The normalized spacial score (nSPS) is 15.2. The van der Waals surface area contributed by atoms with Crippen LogP contribution in [-0.4, -0.2) is 23.4 Å². The van der Waals surface area contributed by atoms with E-state index in [0.29, 0.717) is 16.2 Å². The van der Waals surface area contributed by atoms with Crippen molar-refractivity contribution in [2.45, 2.75) is 23.7 Å². The lowest BCUT2D eigenvalue weighted by Crippen LogP contribution is -2.31. The Morgan fingerprint density at radius 3 is 2.58 bits per heavy atom. The van der Waals surface area contributed by atoms with Crippen LogP contribution in [0.15, 0.2) is 76.6 Å². The number of thioether (sulfide) groups is 1. The fraction of sp³-hybridized carbons (Fsp3) is 0.185. The third-order valence-electron chi connectivity index (χ3n) is 6.29. The van der Waals surface area contributed by atoms with Crippen molar-refractivity contribution in [3.63, 3.8) is 0 Å². The average Bonchev–Trinajstić information content (AvgIpc) is 3.31. The van der Waals surface area contributed by atoms with Crippen LogP contribution in [0.1, 0.15) is 22.7 Å². The van der Waals surface area contributed by atoms with Gasteiger partial charge in [-0.1, -0.05) is 66.2 Å². The van der Waals surface area contributed by atoms with Crippen molar-refractivity contribution < 1.29 is 22.7 Å². The summed E-state index contributed by atoms with van der Waals surface area (Å²) in [4.78, 5) is 25.8. The van der Waals surface area contributed by atoms with Gasteiger partial charge >= 0.3 is 12.1 Å². The SMILES string of the molecule is COC(=O)C1CSc2c(-c3cccc(C(F)(F)F)c3)c(Cc3cccc4ccccc34)c(Cl)c(=O)n21. The maximum atomic E-state index is 13.6. The van der Waals surface area contributed by atoms with Gasteiger partial charge in [0.15, 0.2) is 0 Å². The van der Waals surface area contributed by atoms with Gasteiger partial charge in [0.05, 0.1) is 17.7 Å². The first-order valence-electron chi connectivity index (χ1n) is 11.0. The summed E-state index contributed by atoms with van der Waals surface area (Å²) in [7, 11) is 1.22. The fourth-order valence-electron chi connectivity index (χ4n) is 4.60. The zero-order valence-corrected chi connectivity index (χ0v) is 20.5. The van der Waals surface area contributed by atoms with Gasteiger partial charge < -0.3 is 4.74 Å². The maximum Gasteiger partial charge on any atom is 0.416 e. The summed E-state index contributed by atoms with van der Waals surface area (Å²) in [5, 5.41) is 2.21. The van der Waals surface area contributed by atoms with Crippen molar-refractivity contribution in [2.24, 2.45) is 0 Å². The molecule has 1 atom stereocenters. The number of benzene rings is 3. The number of nitrogens with zero attached hydrogens (tertiary/aromatic N) is 1. The van der Waals surface area contributed by atoms with Gasteiger partial charge in [0.1, 0.15) is 11.1 Å². The summed E-state index contributed by atoms with van der Waals surface area (Å²) >= 11 is 7.89. The second-order valence-corrected chi connectivity index (χ2v) is 9.78. The van der Waals surface area contributed by atoms with Gasteiger partial charge in [-0.2, -0.15) is 13.2 Å². The summed E-state index contributed by atoms with van der Waals surface area (Å²) in [5.74, 6) is -0.404. The first-order chi connectivity index (χ1) is 17.2. The number of alkyl halides is 3. The molecule has 1 aliphatic heterocycles. The molecule has 0 radical (unpaired) electrons. The highest BCUT2D eigenvalue weighted by Gasteiger charge is 2.37. The van der Waals surface area contributed by atoms with Crippen LogP contribution < -0.4 is 5.56 Å². The van der Waals surface area contributed by atoms with Gasteiger partial charge in [0, 0.05) is 17.7 Å². The van der Waals surface area contributed by atoms with Crippen LogP contribution in [0, 0.1) is 0 Å². The Balaban J connectivity index is 1.79. The van der Waals surface area contributed by atoms with E-state index in [9.17, 15) is 22.8 Å². The van der Waals surface area contributed by atoms with E-state index in [1.807, 2.05) is 42.5 Å². The van der Waals surface area contributed by atoms with Crippen LogP contribution in [0.25, 0.3) is 21.9 Å². The van der Waals surface area contributed by atoms with Crippen LogP contribution in [-0.2, 0) is 22.1 Å². The third-order valence-corrected chi connectivity index (χ3v) is 7.84. The van der Waals surface area contributed by atoms with Gasteiger partial charge in [-0.25, -0.2) is 4.79 Å². The molecule has 1 aliphatic rings. The number of esters is 1. The molecule has 0 bridgehead atoms. The van der Waals surface area contributed by atoms with Crippen LogP contribution in [0.2, 0.25) is 5.02 Å². The minimum absolute atomic E-state index is 0.129. The van der Waals surface area contributed by atoms with Gasteiger partial charge in [-0.05, 0) is 39.6 Å². The van der Waals surface area contributed by atoms with Crippen LogP contribution in [0.5, 0.6) is 0 Å². The Morgan fingerprint density at radius 1 is 1.11 bits per heavy atom. The second kappa shape index (κ2) is 9.33. The lowest BCUT2D eigenvalue weighted by atomic mass is 9.93. The quantitative estimate of drug-likeness (QED) is 0.274. The van der Waals surface area contributed by atoms with E-state index in [1.165, 1.54) is 29.5 Å². The number of fused-ring (bicyclic) bond motifs is 2. The second-order valence-electron chi connectivity index (χ2n) is 8.39. The molecule has 4 aromatic rings. The molecule has 0 N–H and O–H groups in total. The Labute approximate surface area is 213 Å². The molecule has 3 aromatic carbocycles. The predicted octanol–water partition coefficient (Wildman–Crippen LogP) is 6.75. The largest absolute Gasteiger partial charge is 0.467 e. The van der Waals surface area contributed by atoms with Crippen molar-refractivity contribution in [2.75, 3.05) is 12.9 Å². The first kappa shape index (κ1) is 24.5. The molecule has 2 heterocycles. The van der Waals surface area contributed by atoms with Crippen LogP contribution in [0.3, 0.4) is 0 Å². The van der Waals surface area contributed by atoms with Gasteiger partial charge in [0.2, 0.25) is 0 Å². The summed E-state index contributed by atoms with van der Waals surface area (Å²) in [6.07, 6.45) is -4.33. The van der Waals surface area contributed by atoms with Crippen molar-refractivity contribution in [1.82, 2.24) is 4.57 Å². The molecule has 0 saturated carbocycles. The van der Waals surface area contributed by atoms with Gasteiger partial charge in [0.25, 0.3) is 5.56 Å². The zero-order chi connectivity index (χ0) is 25.6. The topological polar surface area (TPSA) is 48.3 Å². The number of pyridine rings is 1.